The predicted octanol–water partition coefficient (Wildman–Crippen LogP) is 3.43. The SMILES string of the molecule is CN(CCCC(=O)O)C(=O)Nc1ccc(Cl)cc1Br. The minimum atomic E-state index is -0.866. The standard InChI is InChI=1S/C12H14BrClN2O3/c1-16(6-2-3-11(17)18)12(19)15-10-5-4-8(14)7-9(10)13/h4-5,7H,2-3,6H2,1H3,(H,15,19)(H,17,18). The minimum Gasteiger partial charge on any atom is -0.481 e. The zero-order chi connectivity index (χ0) is 14.4. The lowest BCUT2D eigenvalue weighted by Crippen LogP contribution is -2.32. The number of benzene rings is 1. The zero-order valence-electron chi connectivity index (χ0n) is 10.3. The normalized spacial score (nSPS) is 10.1. The monoisotopic (exact) mass is 348 g/mol. The summed E-state index contributed by atoms with van der Waals surface area (Å²) in [5.41, 5.74) is 0.611. The van der Waals surface area contributed by atoms with E-state index in [0.717, 1.165) is 0 Å². The van der Waals surface area contributed by atoms with Gasteiger partial charge in [-0.1, -0.05) is 11.6 Å². The number of carboxylic acids is 1. The molecule has 2 amide bonds. The largest absolute Gasteiger partial charge is 0.481 e. The maximum Gasteiger partial charge on any atom is 0.321 e. The second kappa shape index (κ2) is 7.35. The summed E-state index contributed by atoms with van der Waals surface area (Å²) in [6.45, 7) is 0.378. The van der Waals surface area contributed by atoms with Gasteiger partial charge in [-0.05, 0) is 40.5 Å². The Morgan fingerprint density at radius 1 is 1.47 bits per heavy atom. The topological polar surface area (TPSA) is 69.6 Å². The molecule has 0 fully saturated rings. The number of hydrogen-bond acceptors (Lipinski definition) is 2. The maximum atomic E-state index is 11.8. The van der Waals surface area contributed by atoms with Crippen molar-refractivity contribution in [3.8, 4) is 0 Å². The van der Waals surface area contributed by atoms with Crippen LogP contribution in [0.1, 0.15) is 12.8 Å². The molecular weight excluding hydrogens is 335 g/mol. The summed E-state index contributed by atoms with van der Waals surface area (Å²) in [6.07, 6.45) is 0.462. The molecule has 5 nitrogen and oxygen atoms in total. The molecule has 1 aromatic carbocycles. The molecule has 1 aromatic rings. The number of anilines is 1. The molecule has 7 heteroatoms. The molecule has 2 N–H and O–H groups in total. The molecule has 0 radical (unpaired) electrons. The first kappa shape index (κ1) is 15.8. The number of aliphatic carboxylic acids is 1. The van der Waals surface area contributed by atoms with E-state index in [9.17, 15) is 9.59 Å². The number of nitrogens with zero attached hydrogens (tertiary/aromatic N) is 1. The van der Waals surface area contributed by atoms with Gasteiger partial charge in [0.1, 0.15) is 0 Å². The van der Waals surface area contributed by atoms with Crippen LogP contribution in [0.5, 0.6) is 0 Å². The van der Waals surface area contributed by atoms with Crippen LogP contribution in [0.25, 0.3) is 0 Å². The molecule has 0 saturated carbocycles. The van der Waals surface area contributed by atoms with Gasteiger partial charge in [-0.15, -0.1) is 0 Å². The second-order valence-electron chi connectivity index (χ2n) is 3.97. The van der Waals surface area contributed by atoms with Crippen LogP contribution in [0, 0.1) is 0 Å². The number of hydrogen-bond donors (Lipinski definition) is 2. The first-order chi connectivity index (χ1) is 8.90. The van der Waals surface area contributed by atoms with E-state index in [0.29, 0.717) is 28.1 Å². The predicted molar refractivity (Wildman–Crippen MR) is 77.7 cm³/mol. The first-order valence-electron chi connectivity index (χ1n) is 5.59. The lowest BCUT2D eigenvalue weighted by atomic mass is 10.3. The van der Waals surface area contributed by atoms with Gasteiger partial charge in [0, 0.05) is 29.5 Å². The van der Waals surface area contributed by atoms with Crippen molar-refractivity contribution in [2.45, 2.75) is 12.8 Å². The molecule has 0 aliphatic heterocycles. The molecule has 1 rings (SSSR count). The Labute approximate surface area is 124 Å². The Kier molecular flexibility index (Phi) is 6.11. The van der Waals surface area contributed by atoms with Crippen molar-refractivity contribution < 1.29 is 14.7 Å². The second-order valence-corrected chi connectivity index (χ2v) is 5.26. The highest BCUT2D eigenvalue weighted by atomic mass is 79.9. The summed E-state index contributed by atoms with van der Waals surface area (Å²) < 4.78 is 0.687. The summed E-state index contributed by atoms with van der Waals surface area (Å²) in [4.78, 5) is 23.7. The molecule has 0 atom stereocenters. The van der Waals surface area contributed by atoms with Gasteiger partial charge in [0.25, 0.3) is 0 Å². The molecule has 19 heavy (non-hydrogen) atoms. The quantitative estimate of drug-likeness (QED) is 0.855. The summed E-state index contributed by atoms with van der Waals surface area (Å²) >= 11 is 9.11. The Bertz CT molecular complexity index is 482. The summed E-state index contributed by atoms with van der Waals surface area (Å²) in [5.74, 6) is -0.866. The average molecular weight is 350 g/mol. The lowest BCUT2D eigenvalue weighted by Gasteiger charge is -2.18. The van der Waals surface area contributed by atoms with Gasteiger partial charge in [-0.3, -0.25) is 4.79 Å². The van der Waals surface area contributed by atoms with Crippen molar-refractivity contribution in [1.29, 1.82) is 0 Å². The smallest absolute Gasteiger partial charge is 0.321 e. The third-order valence-corrected chi connectivity index (χ3v) is 3.29. The van der Waals surface area contributed by atoms with E-state index in [1.54, 1.807) is 25.2 Å². The Morgan fingerprint density at radius 3 is 2.74 bits per heavy atom. The highest BCUT2D eigenvalue weighted by Crippen LogP contribution is 2.26. The maximum absolute atomic E-state index is 11.8. The summed E-state index contributed by atoms with van der Waals surface area (Å²) in [6, 6.07) is 4.75. The van der Waals surface area contributed by atoms with E-state index in [-0.39, 0.29) is 12.5 Å². The minimum absolute atomic E-state index is 0.0439. The van der Waals surface area contributed by atoms with Crippen LogP contribution >= 0.6 is 27.5 Å². The van der Waals surface area contributed by atoms with Gasteiger partial charge in [0.15, 0.2) is 0 Å². The van der Waals surface area contributed by atoms with Crippen LogP contribution in [-0.4, -0.2) is 35.6 Å². The molecular formula is C12H14BrClN2O3. The van der Waals surface area contributed by atoms with E-state index >= 15 is 0 Å². The summed E-state index contributed by atoms with van der Waals surface area (Å²) in [5, 5.41) is 11.8. The molecule has 0 aromatic heterocycles. The molecule has 0 heterocycles. The molecule has 0 spiro atoms. The molecule has 0 aliphatic rings. The Hall–Kier alpha value is -1.27. The van der Waals surface area contributed by atoms with E-state index in [4.69, 9.17) is 16.7 Å². The number of halogens is 2. The van der Waals surface area contributed by atoms with E-state index in [1.807, 2.05) is 0 Å². The number of carbonyl (C=O) groups is 2. The van der Waals surface area contributed by atoms with Gasteiger partial charge in [0.05, 0.1) is 5.69 Å². The molecule has 0 saturated heterocycles. The van der Waals surface area contributed by atoms with Crippen molar-refractivity contribution in [3.05, 3.63) is 27.7 Å². The Morgan fingerprint density at radius 2 is 2.16 bits per heavy atom. The number of rotatable bonds is 5. The average Bonchev–Trinajstić information content (AvgIpc) is 2.32. The third kappa shape index (κ3) is 5.48. The number of carboxylic acid groups (broad SMARTS) is 1. The third-order valence-electron chi connectivity index (χ3n) is 2.40. The molecule has 0 unspecified atom stereocenters. The molecule has 0 aliphatic carbocycles. The Balaban J connectivity index is 2.51. The van der Waals surface area contributed by atoms with Gasteiger partial charge < -0.3 is 15.3 Å². The van der Waals surface area contributed by atoms with Crippen molar-refractivity contribution in [2.24, 2.45) is 0 Å². The number of carbonyl (C=O) groups excluding carboxylic acids is 1. The summed E-state index contributed by atoms with van der Waals surface area (Å²) in [7, 11) is 1.61. The van der Waals surface area contributed by atoms with Gasteiger partial charge in [-0.25, -0.2) is 4.79 Å². The van der Waals surface area contributed by atoms with Gasteiger partial charge in [0.2, 0.25) is 0 Å². The number of urea groups is 1. The fourth-order valence-electron chi connectivity index (χ4n) is 1.37. The lowest BCUT2D eigenvalue weighted by molar-refractivity contribution is -0.137. The van der Waals surface area contributed by atoms with Gasteiger partial charge >= 0.3 is 12.0 Å². The highest BCUT2D eigenvalue weighted by Gasteiger charge is 2.11. The first-order valence-corrected chi connectivity index (χ1v) is 6.76. The fourth-order valence-corrected chi connectivity index (χ4v) is 2.15. The van der Waals surface area contributed by atoms with Crippen molar-refractivity contribution in [3.63, 3.8) is 0 Å². The molecule has 104 valence electrons. The van der Waals surface area contributed by atoms with E-state index in [2.05, 4.69) is 21.2 Å². The highest BCUT2D eigenvalue weighted by molar-refractivity contribution is 9.10. The van der Waals surface area contributed by atoms with Crippen molar-refractivity contribution in [2.75, 3.05) is 18.9 Å². The number of amides is 2. The van der Waals surface area contributed by atoms with Crippen LogP contribution in [-0.2, 0) is 4.79 Å². The van der Waals surface area contributed by atoms with Crippen LogP contribution < -0.4 is 5.32 Å². The van der Waals surface area contributed by atoms with E-state index in [1.165, 1.54) is 4.90 Å². The fraction of sp³-hybridized carbons (Fsp3) is 0.333. The van der Waals surface area contributed by atoms with Gasteiger partial charge in [-0.2, -0.15) is 0 Å². The van der Waals surface area contributed by atoms with Crippen LogP contribution in [0.15, 0.2) is 22.7 Å². The van der Waals surface area contributed by atoms with Crippen molar-refractivity contribution in [1.82, 2.24) is 4.90 Å². The van der Waals surface area contributed by atoms with E-state index < -0.39 is 5.97 Å². The van der Waals surface area contributed by atoms with Crippen molar-refractivity contribution >= 4 is 45.2 Å². The van der Waals surface area contributed by atoms with Crippen LogP contribution in [0.3, 0.4) is 0 Å². The van der Waals surface area contributed by atoms with Crippen LogP contribution in [0.4, 0.5) is 10.5 Å². The van der Waals surface area contributed by atoms with Crippen LogP contribution in [0.2, 0.25) is 5.02 Å². The molecule has 0 bridgehead atoms. The number of nitrogens with one attached hydrogen (secondary N) is 1. The zero-order valence-corrected chi connectivity index (χ0v) is 12.7.